The summed E-state index contributed by atoms with van der Waals surface area (Å²) in [6, 6.07) is 5.43. The second kappa shape index (κ2) is 3.66. The maximum atomic E-state index is 13.7. The van der Waals surface area contributed by atoms with Gasteiger partial charge in [0.15, 0.2) is 0 Å². The Kier molecular flexibility index (Phi) is 2.48. The van der Waals surface area contributed by atoms with Gasteiger partial charge in [0.25, 0.3) is 0 Å². The molecule has 0 atom stereocenters. The van der Waals surface area contributed by atoms with Crippen LogP contribution in [0.5, 0.6) is 0 Å². The van der Waals surface area contributed by atoms with Crippen LogP contribution in [0.4, 0.5) is 4.39 Å². The highest BCUT2D eigenvalue weighted by molar-refractivity contribution is 5.28. The number of halogens is 1. The molecule has 0 amide bonds. The maximum Gasteiger partial charge on any atom is 0.236 e. The predicted octanol–water partition coefficient (Wildman–Crippen LogP) is 3.52. The smallest absolute Gasteiger partial charge is 0.236 e. The van der Waals surface area contributed by atoms with Gasteiger partial charge in [0, 0.05) is 12.8 Å². The molecule has 0 aromatic heterocycles. The molecule has 1 aliphatic rings. The molecule has 1 saturated carbocycles. The Morgan fingerprint density at radius 2 is 2.20 bits per heavy atom. The summed E-state index contributed by atoms with van der Waals surface area (Å²) in [6.45, 7) is 8.95. The summed E-state index contributed by atoms with van der Waals surface area (Å²) in [5.41, 5.74) is 1.08. The minimum absolute atomic E-state index is 0.132. The van der Waals surface area contributed by atoms with Gasteiger partial charge in [-0.25, -0.2) is 11.0 Å². The van der Waals surface area contributed by atoms with Crippen molar-refractivity contribution < 1.29 is 4.39 Å². The molecule has 15 heavy (non-hydrogen) atoms. The lowest BCUT2D eigenvalue weighted by atomic mass is 9.73. The van der Waals surface area contributed by atoms with E-state index < -0.39 is 0 Å². The first-order chi connectivity index (χ1) is 7.17. The molecule has 1 aromatic rings. The molecule has 1 aromatic carbocycles. The summed E-state index contributed by atoms with van der Waals surface area (Å²) in [4.78, 5) is 3.67. The molecule has 0 radical (unpaired) electrons. The van der Waals surface area contributed by atoms with Crippen molar-refractivity contribution in [3.63, 3.8) is 0 Å². The molecule has 1 fully saturated rings. The third-order valence-corrected chi connectivity index (χ3v) is 3.31. The highest BCUT2D eigenvalue weighted by atomic mass is 19.1. The summed E-state index contributed by atoms with van der Waals surface area (Å²) >= 11 is 0. The molecule has 0 bridgehead atoms. The summed E-state index contributed by atoms with van der Waals surface area (Å²) in [7, 11) is 0. The summed E-state index contributed by atoms with van der Waals surface area (Å²) < 4.78 is 13.7. The second-order valence-electron chi connectivity index (χ2n) is 4.41. The summed E-state index contributed by atoms with van der Waals surface area (Å²) in [5.74, 6) is -0.132. The van der Waals surface area contributed by atoms with Gasteiger partial charge >= 0.3 is 0 Å². The fourth-order valence-electron chi connectivity index (χ4n) is 2.11. The van der Waals surface area contributed by atoms with E-state index in [0.717, 1.165) is 19.3 Å². The Morgan fingerprint density at radius 3 is 2.73 bits per heavy atom. The third-order valence-electron chi connectivity index (χ3n) is 3.31. The summed E-state index contributed by atoms with van der Waals surface area (Å²) in [6.07, 6.45) is 3.52. The normalized spacial score (nSPS) is 17.9. The first kappa shape index (κ1) is 10.2. The Hall–Kier alpha value is -1.36. The topological polar surface area (TPSA) is 4.36 Å². The number of hydrogen-bond donors (Lipinski definition) is 0. The van der Waals surface area contributed by atoms with Crippen LogP contribution in [0.3, 0.4) is 0 Å². The van der Waals surface area contributed by atoms with E-state index in [0.29, 0.717) is 17.5 Å². The molecule has 0 spiro atoms. The van der Waals surface area contributed by atoms with E-state index in [2.05, 4.69) is 4.85 Å². The number of rotatable bonds is 2. The van der Waals surface area contributed by atoms with Crippen LogP contribution in [0.1, 0.15) is 30.4 Å². The van der Waals surface area contributed by atoms with Gasteiger partial charge in [0.05, 0.1) is 6.42 Å². The SMILES string of the molecule is [C-]#[N+]C1(Cc2cccc(C)c2F)CCC1. The van der Waals surface area contributed by atoms with Gasteiger partial charge in [0.2, 0.25) is 5.54 Å². The molecule has 0 saturated heterocycles. The van der Waals surface area contributed by atoms with Gasteiger partial charge < -0.3 is 4.85 Å². The maximum absolute atomic E-state index is 13.7. The van der Waals surface area contributed by atoms with Crippen molar-refractivity contribution in [3.05, 3.63) is 46.6 Å². The molecule has 1 aliphatic carbocycles. The standard InChI is InChI=1S/C13H14FN/c1-10-5-3-6-11(12(10)14)9-13(15-2)7-4-8-13/h3,5-6H,4,7-9H2,1H3. The average molecular weight is 203 g/mol. The Balaban J connectivity index is 2.25. The predicted molar refractivity (Wildman–Crippen MR) is 58.0 cm³/mol. The quantitative estimate of drug-likeness (QED) is 0.648. The van der Waals surface area contributed by atoms with Gasteiger partial charge in [-0.1, -0.05) is 18.2 Å². The second-order valence-corrected chi connectivity index (χ2v) is 4.41. The molecular weight excluding hydrogens is 189 g/mol. The van der Waals surface area contributed by atoms with Crippen LogP contribution < -0.4 is 0 Å². The van der Waals surface area contributed by atoms with E-state index in [1.165, 1.54) is 0 Å². The molecule has 2 rings (SSSR count). The van der Waals surface area contributed by atoms with Crippen molar-refractivity contribution in [3.8, 4) is 0 Å². The number of nitrogens with zero attached hydrogens (tertiary/aromatic N) is 1. The van der Waals surface area contributed by atoms with Crippen molar-refractivity contribution in [1.82, 2.24) is 0 Å². The Morgan fingerprint density at radius 1 is 1.47 bits per heavy atom. The Bertz CT molecular complexity index is 413. The van der Waals surface area contributed by atoms with Crippen LogP contribution in [0.15, 0.2) is 18.2 Å². The van der Waals surface area contributed by atoms with E-state index in [9.17, 15) is 4.39 Å². The molecule has 0 heterocycles. The molecule has 2 heteroatoms. The molecule has 0 aliphatic heterocycles. The molecule has 78 valence electrons. The van der Waals surface area contributed by atoms with Crippen LogP contribution in [0.2, 0.25) is 0 Å². The number of benzene rings is 1. The lowest BCUT2D eigenvalue weighted by Gasteiger charge is -2.30. The van der Waals surface area contributed by atoms with Crippen LogP contribution >= 0.6 is 0 Å². The first-order valence-corrected chi connectivity index (χ1v) is 5.29. The lowest BCUT2D eigenvalue weighted by Crippen LogP contribution is -2.35. The lowest BCUT2D eigenvalue weighted by molar-refractivity contribution is 0.298. The van der Waals surface area contributed by atoms with E-state index >= 15 is 0 Å². The van der Waals surface area contributed by atoms with Crippen molar-refractivity contribution in [1.29, 1.82) is 0 Å². The zero-order chi connectivity index (χ0) is 10.9. The van der Waals surface area contributed by atoms with Gasteiger partial charge in [-0.15, -0.1) is 0 Å². The van der Waals surface area contributed by atoms with E-state index in [4.69, 9.17) is 6.57 Å². The molecular formula is C13H14FN. The summed E-state index contributed by atoms with van der Waals surface area (Å²) in [5, 5.41) is 0. The van der Waals surface area contributed by atoms with E-state index in [-0.39, 0.29) is 11.4 Å². The van der Waals surface area contributed by atoms with Crippen LogP contribution in [0.25, 0.3) is 4.85 Å². The molecule has 0 unspecified atom stereocenters. The van der Waals surface area contributed by atoms with E-state index in [1.54, 1.807) is 19.1 Å². The zero-order valence-electron chi connectivity index (χ0n) is 8.89. The fourth-order valence-corrected chi connectivity index (χ4v) is 2.11. The van der Waals surface area contributed by atoms with Crippen LogP contribution in [0, 0.1) is 19.3 Å². The van der Waals surface area contributed by atoms with Crippen molar-refractivity contribution in [2.75, 3.05) is 0 Å². The highest BCUT2D eigenvalue weighted by Gasteiger charge is 2.44. The van der Waals surface area contributed by atoms with Crippen LogP contribution in [-0.2, 0) is 6.42 Å². The number of aryl methyl sites for hydroxylation is 1. The number of hydrogen-bond acceptors (Lipinski definition) is 0. The Labute approximate surface area is 89.7 Å². The van der Waals surface area contributed by atoms with Gasteiger partial charge in [-0.2, -0.15) is 0 Å². The minimum atomic E-state index is -0.297. The molecule has 1 nitrogen and oxygen atoms in total. The minimum Gasteiger partial charge on any atom is -0.310 e. The van der Waals surface area contributed by atoms with Crippen LogP contribution in [-0.4, -0.2) is 5.54 Å². The van der Waals surface area contributed by atoms with Crippen molar-refractivity contribution in [2.24, 2.45) is 0 Å². The largest absolute Gasteiger partial charge is 0.310 e. The van der Waals surface area contributed by atoms with Gasteiger partial charge in [-0.05, 0) is 24.5 Å². The van der Waals surface area contributed by atoms with Gasteiger partial charge in [-0.3, -0.25) is 0 Å². The highest BCUT2D eigenvalue weighted by Crippen LogP contribution is 2.39. The van der Waals surface area contributed by atoms with Crippen molar-refractivity contribution >= 4 is 0 Å². The van der Waals surface area contributed by atoms with Crippen molar-refractivity contribution in [2.45, 2.75) is 38.1 Å². The average Bonchev–Trinajstić information content (AvgIpc) is 2.18. The fraction of sp³-hybridized carbons (Fsp3) is 0.462. The van der Waals surface area contributed by atoms with E-state index in [1.807, 2.05) is 6.07 Å². The first-order valence-electron chi connectivity index (χ1n) is 5.29. The third kappa shape index (κ3) is 1.74. The van der Waals surface area contributed by atoms with Gasteiger partial charge in [0.1, 0.15) is 5.82 Å². The molecule has 0 N–H and O–H groups in total. The monoisotopic (exact) mass is 203 g/mol. The zero-order valence-corrected chi connectivity index (χ0v) is 8.89.